The molecule has 1 aliphatic carbocycles. The molecule has 0 radical (unpaired) electrons. The van der Waals surface area contributed by atoms with E-state index in [0.29, 0.717) is 11.5 Å². The fourth-order valence-electron chi connectivity index (χ4n) is 4.38. The maximum atomic E-state index is 12.9. The Morgan fingerprint density at radius 1 is 1.03 bits per heavy atom. The predicted octanol–water partition coefficient (Wildman–Crippen LogP) is 7.06. The molecule has 5 heteroatoms. The molecule has 0 unspecified atom stereocenters. The number of carbonyl (C=O) groups is 1. The third-order valence-corrected chi connectivity index (χ3v) is 7.38. The monoisotopic (exact) mass is 468 g/mol. The van der Waals surface area contributed by atoms with Crippen LogP contribution < -0.4 is 5.32 Å². The molecule has 172 valence electrons. The van der Waals surface area contributed by atoms with Gasteiger partial charge in [-0.3, -0.25) is 4.79 Å². The van der Waals surface area contributed by atoms with Crippen LogP contribution in [0.2, 0.25) is 0 Å². The molecule has 0 fully saturated rings. The number of hydrogen-bond acceptors (Lipinski definition) is 4. The van der Waals surface area contributed by atoms with Crippen molar-refractivity contribution in [3.8, 4) is 11.5 Å². The molecule has 0 saturated heterocycles. The molecule has 4 nitrogen and oxygen atoms in total. The summed E-state index contributed by atoms with van der Waals surface area (Å²) in [6.45, 7) is 4.04. The van der Waals surface area contributed by atoms with E-state index < -0.39 is 0 Å². The summed E-state index contributed by atoms with van der Waals surface area (Å²) in [7, 11) is 0. The Kier molecular flexibility index (Phi) is 6.54. The minimum absolute atomic E-state index is 0.0491. The summed E-state index contributed by atoms with van der Waals surface area (Å²) in [4.78, 5) is 18.8. The van der Waals surface area contributed by atoms with Crippen molar-refractivity contribution in [3.05, 3.63) is 107 Å². The summed E-state index contributed by atoms with van der Waals surface area (Å²) in [5.41, 5.74) is 6.29. The Hall–Kier alpha value is -3.31. The third-order valence-electron chi connectivity index (χ3n) is 6.36. The summed E-state index contributed by atoms with van der Waals surface area (Å²) < 4.78 is 5.94. The number of amides is 1. The fraction of sp³-hybridized carbons (Fsp3) is 0.241. The molecule has 1 aliphatic rings. The number of nitrogens with one attached hydrogen (secondary N) is 1. The molecule has 1 amide bonds. The first kappa shape index (κ1) is 22.5. The molecule has 34 heavy (non-hydrogen) atoms. The van der Waals surface area contributed by atoms with Gasteiger partial charge < -0.3 is 9.73 Å². The van der Waals surface area contributed by atoms with Gasteiger partial charge in [-0.05, 0) is 80.6 Å². The second-order valence-electron chi connectivity index (χ2n) is 8.82. The van der Waals surface area contributed by atoms with Crippen molar-refractivity contribution in [1.29, 1.82) is 0 Å². The van der Waals surface area contributed by atoms with E-state index in [2.05, 4.69) is 54.7 Å². The van der Waals surface area contributed by atoms with E-state index >= 15 is 0 Å². The number of thioether (sulfide) groups is 1. The highest BCUT2D eigenvalue weighted by Gasteiger charge is 2.22. The van der Waals surface area contributed by atoms with Crippen LogP contribution >= 0.6 is 11.8 Å². The van der Waals surface area contributed by atoms with E-state index in [-0.39, 0.29) is 11.9 Å². The smallest absolute Gasteiger partial charge is 0.251 e. The highest BCUT2D eigenvalue weighted by atomic mass is 32.2. The normalized spacial score (nSPS) is 15.1. The second kappa shape index (κ2) is 9.90. The average molecular weight is 469 g/mol. The number of oxazole rings is 1. The van der Waals surface area contributed by atoms with Crippen molar-refractivity contribution in [2.45, 2.75) is 49.8 Å². The van der Waals surface area contributed by atoms with Crippen LogP contribution in [0.5, 0.6) is 0 Å². The van der Waals surface area contributed by atoms with Crippen molar-refractivity contribution in [2.24, 2.45) is 0 Å². The van der Waals surface area contributed by atoms with Gasteiger partial charge in [-0.25, -0.2) is 4.98 Å². The van der Waals surface area contributed by atoms with Crippen LogP contribution in [-0.2, 0) is 12.2 Å². The minimum atomic E-state index is -0.0491. The van der Waals surface area contributed by atoms with Crippen molar-refractivity contribution in [2.75, 3.05) is 0 Å². The lowest BCUT2D eigenvalue weighted by atomic mass is 9.87. The summed E-state index contributed by atoms with van der Waals surface area (Å²) >= 11 is 1.75. The van der Waals surface area contributed by atoms with E-state index in [4.69, 9.17) is 9.40 Å². The average Bonchev–Trinajstić information content (AvgIpc) is 3.24. The van der Waals surface area contributed by atoms with Gasteiger partial charge in [-0.15, -0.1) is 11.8 Å². The molecule has 3 aromatic carbocycles. The maximum absolute atomic E-state index is 12.9. The molecule has 1 N–H and O–H groups in total. The van der Waals surface area contributed by atoms with E-state index in [1.165, 1.54) is 21.6 Å². The van der Waals surface area contributed by atoms with E-state index in [1.807, 2.05) is 37.3 Å². The van der Waals surface area contributed by atoms with Crippen molar-refractivity contribution in [3.63, 3.8) is 0 Å². The van der Waals surface area contributed by atoms with Gasteiger partial charge in [0.1, 0.15) is 5.76 Å². The zero-order valence-electron chi connectivity index (χ0n) is 19.5. The summed E-state index contributed by atoms with van der Waals surface area (Å²) in [6.07, 6.45) is 3.15. The zero-order valence-corrected chi connectivity index (χ0v) is 20.3. The first-order valence-electron chi connectivity index (χ1n) is 11.7. The van der Waals surface area contributed by atoms with E-state index in [9.17, 15) is 4.79 Å². The first-order chi connectivity index (χ1) is 16.6. The lowest BCUT2D eigenvalue weighted by Crippen LogP contribution is -2.30. The summed E-state index contributed by atoms with van der Waals surface area (Å²) in [5, 5.41) is 3.22. The summed E-state index contributed by atoms with van der Waals surface area (Å²) in [5.74, 6) is 2.12. The van der Waals surface area contributed by atoms with Crippen LogP contribution in [0.25, 0.3) is 11.5 Å². The van der Waals surface area contributed by atoms with Crippen molar-refractivity contribution in [1.82, 2.24) is 10.3 Å². The Morgan fingerprint density at radius 2 is 1.79 bits per heavy atom. The zero-order chi connectivity index (χ0) is 23.5. The van der Waals surface area contributed by atoms with Crippen LogP contribution in [0.1, 0.15) is 57.4 Å². The Balaban J connectivity index is 1.25. The lowest BCUT2D eigenvalue weighted by Gasteiger charge is -2.26. The minimum Gasteiger partial charge on any atom is -0.441 e. The lowest BCUT2D eigenvalue weighted by molar-refractivity contribution is 0.0932. The number of hydrogen-bond donors (Lipinski definition) is 1. The number of benzene rings is 3. The van der Waals surface area contributed by atoms with Crippen molar-refractivity contribution >= 4 is 17.7 Å². The number of carbonyl (C=O) groups excluding carboxylic acids is 1. The Morgan fingerprint density at radius 3 is 2.59 bits per heavy atom. The SMILES string of the molecule is Cc1ccc(SCc2nc(-c3ccc(C(=O)N[C@@H]4CCCc5ccccc54)cc3)oc2C)cc1. The van der Waals surface area contributed by atoms with Gasteiger partial charge in [0.15, 0.2) is 0 Å². The molecular formula is C29H28N2O2S. The molecule has 0 spiro atoms. The van der Waals surface area contributed by atoms with Gasteiger partial charge in [0.05, 0.1) is 11.7 Å². The Labute approximate surface area is 204 Å². The molecule has 4 aromatic rings. The summed E-state index contributed by atoms with van der Waals surface area (Å²) in [6, 6.07) is 24.5. The second-order valence-corrected chi connectivity index (χ2v) is 9.87. The molecule has 0 saturated carbocycles. The standard InChI is InChI=1S/C29H28N2O2S/c1-19-10-16-24(17-11-19)34-18-27-20(2)33-29(31-27)23-14-12-22(13-15-23)28(32)30-26-9-5-7-21-6-3-4-8-25(21)26/h3-4,6,8,10-17,26H,5,7,9,18H2,1-2H3,(H,30,32)/t26-/m1/s1. The molecule has 1 atom stereocenters. The highest BCUT2D eigenvalue weighted by Crippen LogP contribution is 2.30. The van der Waals surface area contributed by atoms with Gasteiger partial charge in [0.25, 0.3) is 5.91 Å². The first-order valence-corrected chi connectivity index (χ1v) is 12.7. The van der Waals surface area contributed by atoms with Gasteiger partial charge in [0, 0.05) is 21.8 Å². The fourth-order valence-corrected chi connectivity index (χ4v) is 5.28. The number of aryl methyl sites for hydroxylation is 3. The molecular weight excluding hydrogens is 440 g/mol. The molecule has 0 bridgehead atoms. The topological polar surface area (TPSA) is 55.1 Å². The van der Waals surface area contributed by atoms with Crippen LogP contribution in [0, 0.1) is 13.8 Å². The van der Waals surface area contributed by atoms with Crippen LogP contribution in [-0.4, -0.2) is 10.9 Å². The quantitative estimate of drug-likeness (QED) is 0.308. The van der Waals surface area contributed by atoms with Crippen molar-refractivity contribution < 1.29 is 9.21 Å². The number of aromatic nitrogens is 1. The van der Waals surface area contributed by atoms with Gasteiger partial charge in [0.2, 0.25) is 5.89 Å². The predicted molar refractivity (Wildman–Crippen MR) is 137 cm³/mol. The molecule has 0 aliphatic heterocycles. The van der Waals surface area contributed by atoms with Crippen LogP contribution in [0.4, 0.5) is 0 Å². The van der Waals surface area contributed by atoms with Gasteiger partial charge >= 0.3 is 0 Å². The number of nitrogens with zero attached hydrogens (tertiary/aromatic N) is 1. The highest BCUT2D eigenvalue weighted by molar-refractivity contribution is 7.98. The van der Waals surface area contributed by atoms with Gasteiger partial charge in [-0.1, -0.05) is 42.0 Å². The van der Waals surface area contributed by atoms with Crippen LogP contribution in [0.15, 0.2) is 82.1 Å². The number of rotatable bonds is 6. The number of fused-ring (bicyclic) bond motifs is 1. The van der Waals surface area contributed by atoms with Crippen LogP contribution in [0.3, 0.4) is 0 Å². The third kappa shape index (κ3) is 4.95. The molecule has 5 rings (SSSR count). The molecule has 1 aromatic heterocycles. The largest absolute Gasteiger partial charge is 0.441 e. The van der Waals surface area contributed by atoms with E-state index in [1.54, 1.807) is 11.8 Å². The maximum Gasteiger partial charge on any atom is 0.251 e. The molecule has 1 heterocycles. The van der Waals surface area contributed by atoms with Gasteiger partial charge in [-0.2, -0.15) is 0 Å². The Bertz CT molecular complexity index is 1290. The van der Waals surface area contributed by atoms with E-state index in [0.717, 1.165) is 42.0 Å².